The lowest BCUT2D eigenvalue weighted by Crippen LogP contribution is -2.12. The van der Waals surface area contributed by atoms with Gasteiger partial charge in [-0.25, -0.2) is 9.59 Å². The molecule has 3 aromatic carbocycles. The van der Waals surface area contributed by atoms with E-state index < -0.39 is 11.9 Å². The maximum Gasteiger partial charge on any atom is 0.336 e. The first-order chi connectivity index (χ1) is 15.8. The van der Waals surface area contributed by atoms with Crippen LogP contribution in [-0.4, -0.2) is 22.2 Å². The first kappa shape index (κ1) is 25.2. The first-order valence-electron chi connectivity index (χ1n) is 11.6. The van der Waals surface area contributed by atoms with Crippen LogP contribution in [0.3, 0.4) is 0 Å². The largest absolute Gasteiger partial charge is 0.478 e. The summed E-state index contributed by atoms with van der Waals surface area (Å²) in [5.41, 5.74) is 13.0. The van der Waals surface area contributed by atoms with E-state index in [4.69, 9.17) is 0 Å². The second-order valence-electron chi connectivity index (χ2n) is 9.59. The number of hydrogen-bond donors (Lipinski definition) is 2. The van der Waals surface area contributed by atoms with Crippen molar-refractivity contribution in [3.05, 3.63) is 102 Å². The molecule has 0 saturated heterocycles. The van der Waals surface area contributed by atoms with Crippen molar-refractivity contribution in [1.29, 1.82) is 0 Å². The third kappa shape index (κ3) is 4.63. The Morgan fingerprint density at radius 2 is 0.853 bits per heavy atom. The lowest BCUT2D eigenvalue weighted by Gasteiger charge is -2.18. The van der Waals surface area contributed by atoms with E-state index in [1.807, 2.05) is 0 Å². The highest BCUT2D eigenvalue weighted by atomic mass is 16.4. The Labute approximate surface area is 202 Å². The van der Waals surface area contributed by atoms with Crippen molar-refractivity contribution >= 4 is 11.9 Å². The number of hydrogen-bond acceptors (Lipinski definition) is 2. The number of carboxylic acids is 2. The predicted molar refractivity (Wildman–Crippen MR) is 137 cm³/mol. The maximum atomic E-state index is 12.1. The molecule has 0 amide bonds. The smallest absolute Gasteiger partial charge is 0.336 e. The fourth-order valence-electron chi connectivity index (χ4n) is 4.76. The molecular formula is C30H34O4. The van der Waals surface area contributed by atoms with Crippen molar-refractivity contribution in [2.24, 2.45) is 0 Å². The minimum absolute atomic E-state index is 0.0458. The van der Waals surface area contributed by atoms with Gasteiger partial charge in [-0.15, -0.1) is 0 Å². The molecule has 0 radical (unpaired) electrons. The van der Waals surface area contributed by atoms with E-state index in [1.54, 1.807) is 6.07 Å². The molecule has 0 fully saturated rings. The molecule has 178 valence electrons. The van der Waals surface area contributed by atoms with E-state index in [2.05, 4.69) is 67.5 Å². The van der Waals surface area contributed by atoms with E-state index in [1.165, 1.54) is 39.4 Å². The molecule has 4 heteroatoms. The lowest BCUT2D eigenvalue weighted by molar-refractivity contribution is 0.0695. The monoisotopic (exact) mass is 458 g/mol. The highest BCUT2D eigenvalue weighted by molar-refractivity contribution is 5.96. The molecule has 4 nitrogen and oxygen atoms in total. The molecule has 3 aromatic rings. The summed E-state index contributed by atoms with van der Waals surface area (Å²) >= 11 is 0. The number of aromatic carboxylic acids is 2. The van der Waals surface area contributed by atoms with Gasteiger partial charge in [-0.2, -0.15) is 0 Å². The van der Waals surface area contributed by atoms with E-state index in [-0.39, 0.29) is 11.1 Å². The summed E-state index contributed by atoms with van der Waals surface area (Å²) in [6, 6.07) is 7.36. The van der Waals surface area contributed by atoms with Crippen LogP contribution in [0.15, 0.2) is 24.3 Å². The summed E-state index contributed by atoms with van der Waals surface area (Å²) in [4.78, 5) is 24.2. The molecule has 3 rings (SSSR count). The summed E-state index contributed by atoms with van der Waals surface area (Å²) in [6.07, 6.45) is 0.876. The lowest BCUT2D eigenvalue weighted by atomic mass is 9.86. The van der Waals surface area contributed by atoms with Crippen molar-refractivity contribution in [3.8, 4) is 0 Å². The number of carbonyl (C=O) groups is 2. The van der Waals surface area contributed by atoms with Crippen molar-refractivity contribution in [1.82, 2.24) is 0 Å². The number of rotatable bonds is 6. The molecule has 0 aromatic heterocycles. The topological polar surface area (TPSA) is 74.6 Å². The van der Waals surface area contributed by atoms with Gasteiger partial charge < -0.3 is 10.2 Å². The third-order valence-electron chi connectivity index (χ3n) is 7.73. The van der Waals surface area contributed by atoms with Crippen molar-refractivity contribution in [3.63, 3.8) is 0 Å². The molecule has 0 aliphatic carbocycles. The van der Waals surface area contributed by atoms with Gasteiger partial charge in [0.25, 0.3) is 0 Å². The number of carboxylic acid groups (broad SMARTS) is 2. The fraction of sp³-hybridized carbons (Fsp3) is 0.333. The zero-order valence-corrected chi connectivity index (χ0v) is 21.4. The standard InChI is InChI=1S/C30H34O4/c1-15-9-23(21(7)19(5)17(15)3)11-25-13-26(28(30(33)34)14-27(25)29(31)32)12-24-10-16(2)18(4)20(6)22(24)8/h9-10,13-14H,11-12H2,1-8H3,(H,31,32)(H,33,34). The Hall–Kier alpha value is -3.40. The normalized spacial score (nSPS) is 11.1. The van der Waals surface area contributed by atoms with Crippen molar-refractivity contribution in [2.45, 2.75) is 68.2 Å². The van der Waals surface area contributed by atoms with Gasteiger partial charge in [-0.3, -0.25) is 0 Å². The molecule has 0 spiro atoms. The molecule has 0 saturated carbocycles. The van der Waals surface area contributed by atoms with Gasteiger partial charge >= 0.3 is 11.9 Å². The summed E-state index contributed by atoms with van der Waals surface area (Å²) in [5.74, 6) is -2.22. The zero-order chi connectivity index (χ0) is 25.5. The van der Waals surface area contributed by atoms with E-state index in [0.717, 1.165) is 22.3 Å². The van der Waals surface area contributed by atoms with Crippen LogP contribution in [0.5, 0.6) is 0 Å². The quantitative estimate of drug-likeness (QED) is 0.429. The molecule has 2 N–H and O–H groups in total. The van der Waals surface area contributed by atoms with Gasteiger partial charge in [0, 0.05) is 0 Å². The zero-order valence-electron chi connectivity index (χ0n) is 21.4. The van der Waals surface area contributed by atoms with E-state index >= 15 is 0 Å². The highest BCUT2D eigenvalue weighted by Gasteiger charge is 2.21. The molecule has 0 heterocycles. The van der Waals surface area contributed by atoms with E-state index in [0.29, 0.717) is 24.0 Å². The Kier molecular flexibility index (Phi) is 7.02. The second-order valence-corrected chi connectivity index (χ2v) is 9.59. The van der Waals surface area contributed by atoms with Crippen LogP contribution in [-0.2, 0) is 12.8 Å². The van der Waals surface area contributed by atoms with Crippen LogP contribution in [0.2, 0.25) is 0 Å². The van der Waals surface area contributed by atoms with Crippen molar-refractivity contribution < 1.29 is 19.8 Å². The molecule has 0 aliphatic rings. The predicted octanol–water partition coefficient (Wildman–Crippen LogP) is 6.73. The summed E-state index contributed by atoms with van der Waals surface area (Å²) in [6.45, 7) is 16.6. The van der Waals surface area contributed by atoms with Gasteiger partial charge in [0.1, 0.15) is 0 Å². The van der Waals surface area contributed by atoms with Gasteiger partial charge in [0.15, 0.2) is 0 Å². The first-order valence-corrected chi connectivity index (χ1v) is 11.6. The second kappa shape index (κ2) is 9.46. The van der Waals surface area contributed by atoms with Crippen LogP contribution in [0.4, 0.5) is 0 Å². The number of aryl methyl sites for hydroxylation is 2. The Morgan fingerprint density at radius 1 is 0.500 bits per heavy atom. The highest BCUT2D eigenvalue weighted by Crippen LogP contribution is 2.29. The summed E-state index contributed by atoms with van der Waals surface area (Å²) in [5, 5.41) is 19.8. The maximum absolute atomic E-state index is 12.1. The molecule has 34 heavy (non-hydrogen) atoms. The summed E-state index contributed by atoms with van der Waals surface area (Å²) < 4.78 is 0. The average molecular weight is 459 g/mol. The van der Waals surface area contributed by atoms with E-state index in [9.17, 15) is 19.8 Å². The molecular weight excluding hydrogens is 424 g/mol. The van der Waals surface area contributed by atoms with Crippen LogP contribution in [0.25, 0.3) is 0 Å². The molecule has 0 aliphatic heterocycles. The van der Waals surface area contributed by atoms with Crippen LogP contribution in [0, 0.1) is 55.4 Å². The Morgan fingerprint density at radius 3 is 1.18 bits per heavy atom. The number of benzene rings is 3. The Balaban J connectivity index is 2.20. The van der Waals surface area contributed by atoms with Crippen LogP contribution >= 0.6 is 0 Å². The van der Waals surface area contributed by atoms with Gasteiger partial charge in [0.05, 0.1) is 11.1 Å². The fourth-order valence-corrected chi connectivity index (χ4v) is 4.76. The molecule has 0 unspecified atom stereocenters. The van der Waals surface area contributed by atoms with Crippen LogP contribution < -0.4 is 0 Å². The van der Waals surface area contributed by atoms with Gasteiger partial charge in [0.2, 0.25) is 0 Å². The minimum atomic E-state index is -1.11. The SMILES string of the molecule is Cc1cc(Cc2cc(Cc3cc(C)c(C)c(C)c3C)c(C(=O)O)cc2C(=O)O)c(C)c(C)c1C. The van der Waals surface area contributed by atoms with Crippen molar-refractivity contribution in [2.75, 3.05) is 0 Å². The average Bonchev–Trinajstić information content (AvgIpc) is 2.77. The van der Waals surface area contributed by atoms with Gasteiger partial charge in [-0.05, 0) is 141 Å². The van der Waals surface area contributed by atoms with Gasteiger partial charge in [-0.1, -0.05) is 18.2 Å². The minimum Gasteiger partial charge on any atom is -0.478 e. The third-order valence-corrected chi connectivity index (χ3v) is 7.73. The molecule has 0 bridgehead atoms. The molecule has 0 atom stereocenters. The van der Waals surface area contributed by atoms with Crippen LogP contribution in [0.1, 0.15) is 87.5 Å². The summed E-state index contributed by atoms with van der Waals surface area (Å²) in [7, 11) is 0. The Bertz CT molecular complexity index is 1230.